The molecule has 1 aliphatic rings. The van der Waals surface area contributed by atoms with E-state index in [0.717, 1.165) is 16.8 Å². The monoisotopic (exact) mass is 283 g/mol. The van der Waals surface area contributed by atoms with Gasteiger partial charge in [-0.05, 0) is 6.92 Å². The summed E-state index contributed by atoms with van der Waals surface area (Å²) in [7, 11) is 0. The van der Waals surface area contributed by atoms with E-state index in [4.69, 9.17) is 9.84 Å². The number of carbonyl (C=O) groups excluding carboxylic acids is 1. The number of nitrogens with one attached hydrogen (secondary N) is 1. The summed E-state index contributed by atoms with van der Waals surface area (Å²) in [5, 5.41) is 11.4. The Balaban J connectivity index is 2.09. The van der Waals surface area contributed by atoms with Crippen LogP contribution in [0.15, 0.2) is 21.7 Å². The maximum Gasteiger partial charge on any atom is 0.265 e. The summed E-state index contributed by atoms with van der Waals surface area (Å²) < 4.78 is 6.41. The summed E-state index contributed by atoms with van der Waals surface area (Å²) in [6, 6.07) is 2.23. The fraction of sp³-hybridized carbons (Fsp3) is 0.583. The number of hydrogen-bond donors (Lipinski definition) is 2. The van der Waals surface area contributed by atoms with Crippen molar-refractivity contribution in [3.05, 3.63) is 32.8 Å². The molecule has 1 fully saturated rings. The number of aromatic nitrogens is 2. The van der Waals surface area contributed by atoms with Gasteiger partial charge in [-0.2, -0.15) is 0 Å². The number of aromatic amines is 1. The van der Waals surface area contributed by atoms with Gasteiger partial charge in [0.25, 0.3) is 11.1 Å². The van der Waals surface area contributed by atoms with Crippen molar-refractivity contribution in [1.82, 2.24) is 14.7 Å². The van der Waals surface area contributed by atoms with Crippen LogP contribution in [0.3, 0.4) is 0 Å². The Hall–Kier alpha value is -1.93. The molecule has 0 bridgehead atoms. The molecular weight excluding hydrogens is 266 g/mol. The molecular formula is C12H17N3O5. The van der Waals surface area contributed by atoms with Gasteiger partial charge in [-0.15, -0.1) is 0 Å². The Morgan fingerprint density at radius 2 is 2.20 bits per heavy atom. The molecule has 2 atom stereocenters. The molecule has 1 aliphatic heterocycles. The van der Waals surface area contributed by atoms with Crippen molar-refractivity contribution < 1.29 is 14.6 Å². The number of amides is 1. The molecule has 8 heteroatoms. The molecule has 20 heavy (non-hydrogen) atoms. The number of carbonyl (C=O) groups is 1. The normalized spacial score (nSPS) is 22.8. The van der Waals surface area contributed by atoms with Crippen LogP contribution in [0.4, 0.5) is 0 Å². The summed E-state index contributed by atoms with van der Waals surface area (Å²) in [4.78, 5) is 36.4. The van der Waals surface area contributed by atoms with Gasteiger partial charge in [-0.3, -0.25) is 19.5 Å². The van der Waals surface area contributed by atoms with E-state index in [1.165, 1.54) is 4.90 Å². The molecule has 8 nitrogen and oxygen atoms in total. The molecule has 0 aromatic carbocycles. The fourth-order valence-corrected chi connectivity index (χ4v) is 2.16. The maximum absolute atomic E-state index is 12.1. The van der Waals surface area contributed by atoms with Crippen LogP contribution in [0.25, 0.3) is 0 Å². The van der Waals surface area contributed by atoms with E-state index in [1.807, 2.05) is 0 Å². The highest BCUT2D eigenvalue weighted by Crippen LogP contribution is 2.11. The number of morpholine rings is 1. The largest absolute Gasteiger partial charge is 0.394 e. The van der Waals surface area contributed by atoms with Gasteiger partial charge in [-0.1, -0.05) is 0 Å². The summed E-state index contributed by atoms with van der Waals surface area (Å²) >= 11 is 0. The zero-order chi connectivity index (χ0) is 14.7. The van der Waals surface area contributed by atoms with Gasteiger partial charge >= 0.3 is 0 Å². The van der Waals surface area contributed by atoms with E-state index < -0.39 is 17.2 Å². The van der Waals surface area contributed by atoms with E-state index in [0.29, 0.717) is 6.54 Å². The van der Waals surface area contributed by atoms with Crippen LogP contribution in [-0.2, 0) is 16.1 Å². The minimum absolute atomic E-state index is 0.170. The van der Waals surface area contributed by atoms with Crippen molar-refractivity contribution >= 4 is 5.91 Å². The van der Waals surface area contributed by atoms with E-state index in [-0.39, 0.29) is 31.7 Å². The van der Waals surface area contributed by atoms with Crippen molar-refractivity contribution in [2.24, 2.45) is 0 Å². The second-order valence-electron chi connectivity index (χ2n) is 4.78. The van der Waals surface area contributed by atoms with Crippen molar-refractivity contribution in [2.75, 3.05) is 19.7 Å². The van der Waals surface area contributed by atoms with Crippen LogP contribution in [-0.4, -0.2) is 57.6 Å². The minimum Gasteiger partial charge on any atom is -0.394 e. The predicted octanol–water partition coefficient (Wildman–Crippen LogP) is -1.86. The van der Waals surface area contributed by atoms with Crippen LogP contribution < -0.4 is 11.1 Å². The Morgan fingerprint density at radius 1 is 1.45 bits per heavy atom. The second kappa shape index (κ2) is 6.02. The standard InChI is InChI=1S/C12H17N3O5/c1-8-4-14(5-9(7-16)20-8)12(19)6-15-11(18)3-2-10(17)13-15/h2-3,8-9,16H,4-7H2,1H3,(H,13,17). The number of hydrogen-bond acceptors (Lipinski definition) is 5. The molecule has 0 spiro atoms. The third-order valence-corrected chi connectivity index (χ3v) is 3.06. The van der Waals surface area contributed by atoms with E-state index in [1.54, 1.807) is 6.92 Å². The zero-order valence-corrected chi connectivity index (χ0v) is 11.1. The van der Waals surface area contributed by atoms with E-state index >= 15 is 0 Å². The number of aliphatic hydroxyl groups is 1. The number of ether oxygens (including phenoxy) is 1. The Bertz CT molecular complexity index is 593. The van der Waals surface area contributed by atoms with Crippen molar-refractivity contribution in [3.8, 4) is 0 Å². The first-order valence-electron chi connectivity index (χ1n) is 6.34. The van der Waals surface area contributed by atoms with E-state index in [2.05, 4.69) is 5.10 Å². The minimum atomic E-state index is -0.446. The molecule has 1 amide bonds. The predicted molar refractivity (Wildman–Crippen MR) is 69.3 cm³/mol. The maximum atomic E-state index is 12.1. The molecule has 2 rings (SSSR count). The van der Waals surface area contributed by atoms with E-state index in [9.17, 15) is 14.4 Å². The SMILES string of the molecule is CC1CN(C(=O)Cn2[nH]c(=O)ccc2=O)CC(CO)O1. The van der Waals surface area contributed by atoms with Gasteiger partial charge in [0.1, 0.15) is 6.54 Å². The number of nitrogens with zero attached hydrogens (tertiary/aromatic N) is 2. The number of aliphatic hydroxyl groups excluding tert-OH is 1. The molecule has 2 N–H and O–H groups in total. The quantitative estimate of drug-likeness (QED) is 0.677. The van der Waals surface area contributed by atoms with Gasteiger partial charge in [0.05, 0.1) is 18.8 Å². The molecule has 110 valence electrons. The third kappa shape index (κ3) is 3.34. The average molecular weight is 283 g/mol. The number of rotatable bonds is 3. The van der Waals surface area contributed by atoms with Crippen molar-refractivity contribution in [1.29, 1.82) is 0 Å². The summed E-state index contributed by atoms with van der Waals surface area (Å²) in [6.45, 7) is 2.06. The molecule has 0 aliphatic carbocycles. The summed E-state index contributed by atoms with van der Waals surface area (Å²) in [6.07, 6.45) is -0.606. The smallest absolute Gasteiger partial charge is 0.265 e. The molecule has 0 saturated carbocycles. The molecule has 2 unspecified atom stereocenters. The number of H-pyrrole nitrogens is 1. The average Bonchev–Trinajstić information content (AvgIpc) is 2.42. The molecule has 2 heterocycles. The first kappa shape index (κ1) is 14.5. The van der Waals surface area contributed by atoms with Crippen molar-refractivity contribution in [2.45, 2.75) is 25.7 Å². The molecule has 0 radical (unpaired) electrons. The van der Waals surface area contributed by atoms with Gasteiger partial charge in [0.2, 0.25) is 5.91 Å². The molecule has 1 aromatic heterocycles. The Morgan fingerprint density at radius 3 is 2.90 bits per heavy atom. The third-order valence-electron chi connectivity index (χ3n) is 3.06. The van der Waals surface area contributed by atoms with Crippen LogP contribution in [0.1, 0.15) is 6.92 Å². The van der Waals surface area contributed by atoms with Gasteiger partial charge in [0.15, 0.2) is 0 Å². The van der Waals surface area contributed by atoms with Crippen LogP contribution in [0, 0.1) is 0 Å². The molecule has 1 aromatic rings. The van der Waals surface area contributed by atoms with Crippen LogP contribution in [0.5, 0.6) is 0 Å². The lowest BCUT2D eigenvalue weighted by Crippen LogP contribution is -2.51. The van der Waals surface area contributed by atoms with Gasteiger partial charge in [-0.25, -0.2) is 4.68 Å². The highest BCUT2D eigenvalue weighted by Gasteiger charge is 2.28. The van der Waals surface area contributed by atoms with Gasteiger partial charge < -0.3 is 14.7 Å². The lowest BCUT2D eigenvalue weighted by atomic mass is 10.2. The highest BCUT2D eigenvalue weighted by atomic mass is 16.5. The zero-order valence-electron chi connectivity index (χ0n) is 11.1. The first-order chi connectivity index (χ1) is 9.49. The summed E-state index contributed by atoms with van der Waals surface area (Å²) in [5.41, 5.74) is -0.890. The fourth-order valence-electron chi connectivity index (χ4n) is 2.16. The van der Waals surface area contributed by atoms with Crippen LogP contribution in [0.2, 0.25) is 0 Å². The second-order valence-corrected chi connectivity index (χ2v) is 4.78. The Kier molecular flexibility index (Phi) is 4.35. The molecule has 1 saturated heterocycles. The van der Waals surface area contributed by atoms with Crippen molar-refractivity contribution in [3.63, 3.8) is 0 Å². The lowest BCUT2D eigenvalue weighted by molar-refractivity contribution is -0.148. The Labute approximate surface area is 114 Å². The topological polar surface area (TPSA) is 105 Å². The summed E-state index contributed by atoms with van der Waals surface area (Å²) in [5.74, 6) is -0.303. The van der Waals surface area contributed by atoms with Gasteiger partial charge in [0, 0.05) is 25.2 Å². The van der Waals surface area contributed by atoms with Crippen LogP contribution >= 0.6 is 0 Å². The highest BCUT2D eigenvalue weighted by molar-refractivity contribution is 5.76. The lowest BCUT2D eigenvalue weighted by Gasteiger charge is -2.36. The first-order valence-corrected chi connectivity index (χ1v) is 6.34.